The number of nitrogens with zero attached hydrogens (tertiary/aromatic N) is 4. The Morgan fingerprint density at radius 3 is 3.04 bits per heavy atom. The van der Waals surface area contributed by atoms with Gasteiger partial charge >= 0.3 is 0 Å². The number of nitrogens with one attached hydrogen (secondary N) is 1. The number of halogens is 1. The molecule has 0 bridgehead atoms. The minimum Gasteiger partial charge on any atom is -0.269 e. The number of H-pyrrole nitrogens is 1. The van der Waals surface area contributed by atoms with Crippen molar-refractivity contribution in [2.75, 3.05) is 0 Å². The molecular weight excluding hydrogens is 349 g/mol. The van der Waals surface area contributed by atoms with Gasteiger partial charge in [0.05, 0.1) is 11.3 Å². The lowest BCUT2D eigenvalue weighted by Gasteiger charge is -1.98. The largest absolute Gasteiger partial charge is 0.269 e. The molecule has 0 amide bonds. The van der Waals surface area contributed by atoms with Crippen LogP contribution in [0.15, 0.2) is 51.9 Å². The normalized spacial score (nSPS) is 11.2. The standard InChI is InChI=1S/C15H10FN5OS2/c16-11-4-2-1-3-10(11)13-18-14(20-19-13)24-8-9-7-12(22)21-5-6-23-15(21)17-9/h1-7H,8H2,(H,18,19,20). The summed E-state index contributed by atoms with van der Waals surface area (Å²) in [4.78, 5) is 21.3. The highest BCUT2D eigenvalue weighted by molar-refractivity contribution is 7.98. The Bertz CT molecular complexity index is 1070. The molecule has 24 heavy (non-hydrogen) atoms. The average Bonchev–Trinajstić information content (AvgIpc) is 3.22. The number of benzene rings is 1. The van der Waals surface area contributed by atoms with E-state index in [2.05, 4.69) is 20.2 Å². The molecule has 0 aliphatic heterocycles. The van der Waals surface area contributed by atoms with Gasteiger partial charge in [0.2, 0.25) is 5.16 Å². The second kappa shape index (κ2) is 6.17. The smallest absolute Gasteiger partial charge is 0.258 e. The summed E-state index contributed by atoms with van der Waals surface area (Å²) < 4.78 is 15.3. The molecule has 1 aromatic carbocycles. The minimum atomic E-state index is -0.358. The third kappa shape index (κ3) is 2.83. The first-order chi connectivity index (χ1) is 11.7. The van der Waals surface area contributed by atoms with Crippen molar-refractivity contribution >= 4 is 28.1 Å². The van der Waals surface area contributed by atoms with Crippen LogP contribution in [0, 0.1) is 5.82 Å². The molecule has 0 aliphatic rings. The van der Waals surface area contributed by atoms with Crippen LogP contribution in [0.5, 0.6) is 0 Å². The lowest BCUT2D eigenvalue weighted by molar-refractivity contribution is 0.630. The van der Waals surface area contributed by atoms with Crippen LogP contribution in [0.2, 0.25) is 0 Å². The van der Waals surface area contributed by atoms with Gasteiger partial charge in [-0.05, 0) is 12.1 Å². The van der Waals surface area contributed by atoms with Crippen LogP contribution in [-0.4, -0.2) is 24.6 Å². The summed E-state index contributed by atoms with van der Waals surface area (Å²) >= 11 is 2.74. The van der Waals surface area contributed by atoms with Gasteiger partial charge in [-0.25, -0.2) is 14.4 Å². The maximum absolute atomic E-state index is 13.8. The van der Waals surface area contributed by atoms with Crippen molar-refractivity contribution in [2.45, 2.75) is 10.9 Å². The van der Waals surface area contributed by atoms with E-state index in [0.29, 0.717) is 33.0 Å². The Hall–Kier alpha value is -2.52. The van der Waals surface area contributed by atoms with Crippen LogP contribution in [0.3, 0.4) is 0 Å². The number of fused-ring (bicyclic) bond motifs is 1. The molecule has 4 rings (SSSR count). The number of thiazole rings is 1. The molecule has 0 aliphatic carbocycles. The van der Waals surface area contributed by atoms with E-state index in [9.17, 15) is 9.18 Å². The van der Waals surface area contributed by atoms with Crippen LogP contribution in [0.25, 0.3) is 16.3 Å². The number of aromatic nitrogens is 5. The van der Waals surface area contributed by atoms with Crippen LogP contribution in [-0.2, 0) is 5.75 Å². The molecule has 4 aromatic rings. The quantitative estimate of drug-likeness (QED) is 0.567. The number of rotatable bonds is 4. The Labute approximate surface area is 143 Å². The van der Waals surface area contributed by atoms with E-state index in [4.69, 9.17) is 0 Å². The highest BCUT2D eigenvalue weighted by Gasteiger charge is 2.11. The molecule has 0 saturated heterocycles. The number of hydrogen-bond acceptors (Lipinski definition) is 6. The first-order valence-corrected chi connectivity index (χ1v) is 8.83. The van der Waals surface area contributed by atoms with Crippen molar-refractivity contribution in [3.63, 3.8) is 0 Å². The highest BCUT2D eigenvalue weighted by atomic mass is 32.2. The topological polar surface area (TPSA) is 75.9 Å². The molecule has 3 heterocycles. The van der Waals surface area contributed by atoms with Crippen molar-refractivity contribution in [1.29, 1.82) is 0 Å². The molecule has 0 spiro atoms. The van der Waals surface area contributed by atoms with Gasteiger partial charge in [-0.15, -0.1) is 16.4 Å². The summed E-state index contributed by atoms with van der Waals surface area (Å²) in [6.45, 7) is 0. The maximum Gasteiger partial charge on any atom is 0.258 e. The van der Waals surface area contributed by atoms with Gasteiger partial charge in [-0.3, -0.25) is 14.3 Å². The molecule has 3 aromatic heterocycles. The Kier molecular flexibility index (Phi) is 3.87. The lowest BCUT2D eigenvalue weighted by Crippen LogP contribution is -2.12. The van der Waals surface area contributed by atoms with Crippen molar-refractivity contribution < 1.29 is 4.39 Å². The molecule has 9 heteroatoms. The van der Waals surface area contributed by atoms with Gasteiger partial charge in [0.1, 0.15) is 5.82 Å². The van der Waals surface area contributed by atoms with Gasteiger partial charge in [0, 0.05) is 23.4 Å². The molecular formula is C15H10FN5OS2. The van der Waals surface area contributed by atoms with Gasteiger partial charge in [0.15, 0.2) is 10.8 Å². The molecule has 0 fully saturated rings. The monoisotopic (exact) mass is 359 g/mol. The van der Waals surface area contributed by atoms with E-state index < -0.39 is 0 Å². The van der Waals surface area contributed by atoms with E-state index in [1.54, 1.807) is 24.4 Å². The van der Waals surface area contributed by atoms with Crippen LogP contribution in [0.1, 0.15) is 5.69 Å². The first-order valence-electron chi connectivity index (χ1n) is 6.96. The van der Waals surface area contributed by atoms with Crippen molar-refractivity contribution in [3.8, 4) is 11.4 Å². The summed E-state index contributed by atoms with van der Waals surface area (Å²) in [6.07, 6.45) is 1.70. The van der Waals surface area contributed by atoms with Gasteiger partial charge in [-0.1, -0.05) is 23.9 Å². The maximum atomic E-state index is 13.8. The predicted molar refractivity (Wildman–Crippen MR) is 90.7 cm³/mol. The number of thioether (sulfide) groups is 1. The molecule has 0 radical (unpaired) electrons. The molecule has 0 atom stereocenters. The third-order valence-electron chi connectivity index (χ3n) is 3.30. The van der Waals surface area contributed by atoms with Crippen molar-refractivity contribution in [1.82, 2.24) is 24.6 Å². The van der Waals surface area contributed by atoms with Gasteiger partial charge < -0.3 is 0 Å². The minimum absolute atomic E-state index is 0.112. The average molecular weight is 359 g/mol. The van der Waals surface area contributed by atoms with Crippen molar-refractivity contribution in [3.05, 3.63) is 63.8 Å². The lowest BCUT2D eigenvalue weighted by atomic mass is 10.2. The highest BCUT2D eigenvalue weighted by Crippen LogP contribution is 2.23. The zero-order valence-electron chi connectivity index (χ0n) is 12.1. The summed E-state index contributed by atoms with van der Waals surface area (Å²) in [7, 11) is 0. The summed E-state index contributed by atoms with van der Waals surface area (Å²) in [5.74, 6) is 0.471. The Morgan fingerprint density at radius 1 is 1.29 bits per heavy atom. The predicted octanol–water partition coefficient (Wildman–Crippen LogP) is 2.97. The summed E-state index contributed by atoms with van der Waals surface area (Å²) in [6, 6.07) is 7.87. The zero-order valence-corrected chi connectivity index (χ0v) is 13.8. The fraction of sp³-hybridized carbons (Fsp3) is 0.0667. The number of hydrogen-bond donors (Lipinski definition) is 1. The molecule has 0 saturated carbocycles. The second-order valence-electron chi connectivity index (χ2n) is 4.88. The van der Waals surface area contributed by atoms with Gasteiger partial charge in [-0.2, -0.15) is 0 Å². The van der Waals surface area contributed by atoms with E-state index >= 15 is 0 Å². The fourth-order valence-corrected chi connectivity index (χ4v) is 3.61. The number of aromatic amines is 1. The van der Waals surface area contributed by atoms with Gasteiger partial charge in [0.25, 0.3) is 5.56 Å². The van der Waals surface area contributed by atoms with E-state index in [0.717, 1.165) is 0 Å². The summed E-state index contributed by atoms with van der Waals surface area (Å²) in [5, 5.41) is 9.09. The van der Waals surface area contributed by atoms with Crippen LogP contribution in [0.4, 0.5) is 4.39 Å². The molecule has 1 N–H and O–H groups in total. The fourth-order valence-electron chi connectivity index (χ4n) is 2.18. The third-order valence-corrected chi connectivity index (χ3v) is 4.94. The zero-order chi connectivity index (χ0) is 16.5. The molecule has 0 unspecified atom stereocenters. The first kappa shape index (κ1) is 15.0. The molecule has 6 nitrogen and oxygen atoms in total. The van der Waals surface area contributed by atoms with Crippen molar-refractivity contribution in [2.24, 2.45) is 0 Å². The van der Waals surface area contributed by atoms with Crippen LogP contribution >= 0.6 is 23.1 Å². The Balaban J connectivity index is 1.54. The van der Waals surface area contributed by atoms with E-state index in [1.807, 2.05) is 5.38 Å². The van der Waals surface area contributed by atoms with Crippen LogP contribution < -0.4 is 5.56 Å². The molecule has 120 valence electrons. The SMILES string of the molecule is O=c1cc(CSc2n[nH]c(-c3ccccc3F)n2)nc2sccn12. The van der Waals surface area contributed by atoms with E-state index in [-0.39, 0.29) is 11.4 Å². The Morgan fingerprint density at radius 2 is 2.17 bits per heavy atom. The summed E-state index contributed by atoms with van der Waals surface area (Å²) in [5.41, 5.74) is 0.914. The van der Waals surface area contributed by atoms with E-state index in [1.165, 1.54) is 39.6 Å². The second-order valence-corrected chi connectivity index (χ2v) is 6.69.